The topological polar surface area (TPSA) is 91.6 Å². The molecule has 0 saturated carbocycles. The van der Waals surface area contributed by atoms with Crippen molar-refractivity contribution in [3.05, 3.63) is 36.2 Å². The van der Waals surface area contributed by atoms with Gasteiger partial charge < -0.3 is 14.7 Å². The largest absolute Gasteiger partial charge is 0.353 e. The summed E-state index contributed by atoms with van der Waals surface area (Å²) < 4.78 is 5.27. The summed E-state index contributed by atoms with van der Waals surface area (Å²) in [4.78, 5) is 32.8. The van der Waals surface area contributed by atoms with Crippen LogP contribution in [0.5, 0.6) is 0 Å². The molecule has 1 aromatic heterocycles. The van der Waals surface area contributed by atoms with Crippen molar-refractivity contribution in [2.45, 2.75) is 38.9 Å². The van der Waals surface area contributed by atoms with Gasteiger partial charge in [0.1, 0.15) is 0 Å². The number of rotatable bonds is 6. The minimum absolute atomic E-state index is 0.0964. The maximum absolute atomic E-state index is 12.6. The number of amides is 2. The van der Waals surface area contributed by atoms with Gasteiger partial charge in [-0.2, -0.15) is 4.98 Å². The number of hydrogen-bond donors (Lipinski definition) is 1. The third kappa shape index (κ3) is 4.51. The second-order valence-electron chi connectivity index (χ2n) is 6.97. The summed E-state index contributed by atoms with van der Waals surface area (Å²) in [6.45, 7) is 5.62. The fourth-order valence-corrected chi connectivity index (χ4v) is 3.20. The molecular weight excluding hydrogens is 346 g/mol. The Morgan fingerprint density at radius 2 is 2.11 bits per heavy atom. The number of carbonyl (C=O) groups excluding carboxylic acids is 2. The van der Waals surface area contributed by atoms with Gasteiger partial charge in [-0.05, 0) is 13.8 Å². The van der Waals surface area contributed by atoms with Crippen molar-refractivity contribution in [1.82, 2.24) is 25.3 Å². The highest BCUT2D eigenvalue weighted by atomic mass is 16.5. The molecule has 1 saturated heterocycles. The molecule has 0 bridgehead atoms. The van der Waals surface area contributed by atoms with Gasteiger partial charge in [-0.1, -0.05) is 35.5 Å². The molecule has 1 atom stereocenters. The lowest BCUT2D eigenvalue weighted by atomic mass is 10.1. The van der Waals surface area contributed by atoms with Crippen molar-refractivity contribution in [2.24, 2.45) is 0 Å². The summed E-state index contributed by atoms with van der Waals surface area (Å²) in [6, 6.07) is 9.25. The fraction of sp³-hybridized carbons (Fsp3) is 0.474. The highest BCUT2D eigenvalue weighted by Gasteiger charge is 2.33. The van der Waals surface area contributed by atoms with Crippen molar-refractivity contribution >= 4 is 11.8 Å². The van der Waals surface area contributed by atoms with Crippen LogP contribution < -0.4 is 5.32 Å². The Bertz CT molecular complexity index is 790. The number of piperazine rings is 1. The van der Waals surface area contributed by atoms with Crippen LogP contribution in [0.3, 0.4) is 0 Å². The number of carbonyl (C=O) groups is 2. The zero-order valence-electron chi connectivity index (χ0n) is 15.9. The van der Waals surface area contributed by atoms with Crippen molar-refractivity contribution < 1.29 is 14.1 Å². The van der Waals surface area contributed by atoms with E-state index in [0.717, 1.165) is 12.1 Å². The predicted molar refractivity (Wildman–Crippen MR) is 99.5 cm³/mol. The zero-order chi connectivity index (χ0) is 19.4. The van der Waals surface area contributed by atoms with E-state index in [0.29, 0.717) is 18.3 Å². The molecule has 27 heavy (non-hydrogen) atoms. The van der Waals surface area contributed by atoms with Gasteiger partial charge in [-0.25, -0.2) is 0 Å². The lowest BCUT2D eigenvalue weighted by Gasteiger charge is -2.37. The van der Waals surface area contributed by atoms with Crippen LogP contribution in [0.15, 0.2) is 34.9 Å². The van der Waals surface area contributed by atoms with Crippen LogP contribution in [0.2, 0.25) is 0 Å². The number of nitrogens with one attached hydrogen (secondary N) is 1. The maximum atomic E-state index is 12.6. The van der Waals surface area contributed by atoms with Crippen LogP contribution in [0, 0.1) is 0 Å². The Balaban J connectivity index is 1.62. The van der Waals surface area contributed by atoms with Gasteiger partial charge in [-0.3, -0.25) is 14.5 Å². The average Bonchev–Trinajstić information content (AvgIpc) is 3.12. The summed E-state index contributed by atoms with van der Waals surface area (Å²) in [6.07, 6.45) is 0.125. The van der Waals surface area contributed by atoms with E-state index < -0.39 is 6.04 Å². The van der Waals surface area contributed by atoms with Gasteiger partial charge in [0.2, 0.25) is 23.5 Å². The summed E-state index contributed by atoms with van der Waals surface area (Å²) in [5.74, 6) is 0.616. The standard InChI is InChI=1S/C19H25N5O3/c1-13(2)24-10-9-20-19(26)15(24)11-17(25)23(3)12-16-21-18(22-27-16)14-7-5-4-6-8-14/h4-8,13,15H,9-12H2,1-3H3,(H,20,26). The van der Waals surface area contributed by atoms with Crippen LogP contribution in [-0.4, -0.2) is 64.0 Å². The number of benzene rings is 1. The molecule has 2 aromatic rings. The van der Waals surface area contributed by atoms with Gasteiger partial charge in [0, 0.05) is 31.7 Å². The number of nitrogens with zero attached hydrogens (tertiary/aromatic N) is 4. The molecule has 0 radical (unpaired) electrons. The Hall–Kier alpha value is -2.74. The Labute approximate surface area is 158 Å². The lowest BCUT2D eigenvalue weighted by molar-refractivity contribution is -0.139. The summed E-state index contributed by atoms with van der Waals surface area (Å²) in [5.41, 5.74) is 0.855. The quantitative estimate of drug-likeness (QED) is 0.823. The van der Waals surface area contributed by atoms with Crippen LogP contribution >= 0.6 is 0 Å². The van der Waals surface area contributed by atoms with Crippen LogP contribution in [0.4, 0.5) is 0 Å². The van der Waals surface area contributed by atoms with E-state index in [2.05, 4.69) is 20.4 Å². The SMILES string of the molecule is CC(C)N1CCNC(=O)C1CC(=O)N(C)Cc1nc(-c2ccccc2)no1. The molecule has 1 aliphatic rings. The predicted octanol–water partition coefficient (Wildman–Crippen LogP) is 1.29. The van der Waals surface area contributed by atoms with Gasteiger partial charge in [0.15, 0.2) is 0 Å². The Morgan fingerprint density at radius 1 is 1.37 bits per heavy atom. The first-order valence-electron chi connectivity index (χ1n) is 9.11. The van der Waals surface area contributed by atoms with Crippen LogP contribution in [0.1, 0.15) is 26.2 Å². The molecule has 1 aromatic carbocycles. The minimum Gasteiger partial charge on any atom is -0.353 e. The normalized spacial score (nSPS) is 17.8. The van der Waals surface area contributed by atoms with Crippen LogP contribution in [0.25, 0.3) is 11.4 Å². The van der Waals surface area contributed by atoms with Crippen LogP contribution in [-0.2, 0) is 16.1 Å². The van der Waals surface area contributed by atoms with E-state index in [1.165, 1.54) is 4.90 Å². The summed E-state index contributed by atoms with van der Waals surface area (Å²) in [7, 11) is 1.68. The second-order valence-corrected chi connectivity index (χ2v) is 6.97. The Kier molecular flexibility index (Phi) is 5.85. The van der Waals surface area contributed by atoms with E-state index >= 15 is 0 Å². The third-order valence-corrected chi connectivity index (χ3v) is 4.70. The molecular formula is C19H25N5O3. The molecule has 3 rings (SSSR count). The first-order valence-corrected chi connectivity index (χ1v) is 9.11. The number of hydrogen-bond acceptors (Lipinski definition) is 6. The van der Waals surface area contributed by atoms with Gasteiger partial charge in [0.25, 0.3) is 0 Å². The molecule has 8 nitrogen and oxygen atoms in total. The van der Waals surface area contributed by atoms with Crippen molar-refractivity contribution in [2.75, 3.05) is 20.1 Å². The van der Waals surface area contributed by atoms with Crippen molar-refractivity contribution in [1.29, 1.82) is 0 Å². The fourth-order valence-electron chi connectivity index (χ4n) is 3.20. The molecule has 1 N–H and O–H groups in total. The molecule has 0 aliphatic carbocycles. The molecule has 2 heterocycles. The molecule has 1 unspecified atom stereocenters. The zero-order valence-corrected chi connectivity index (χ0v) is 15.9. The monoisotopic (exact) mass is 371 g/mol. The highest BCUT2D eigenvalue weighted by molar-refractivity contribution is 5.88. The van der Waals surface area contributed by atoms with Gasteiger partial charge >= 0.3 is 0 Å². The van der Waals surface area contributed by atoms with E-state index in [1.807, 2.05) is 44.2 Å². The first kappa shape index (κ1) is 19.0. The molecule has 2 amide bonds. The molecule has 8 heteroatoms. The smallest absolute Gasteiger partial charge is 0.246 e. The Morgan fingerprint density at radius 3 is 2.81 bits per heavy atom. The average molecular weight is 371 g/mol. The van der Waals surface area contributed by atoms with Crippen molar-refractivity contribution in [3.63, 3.8) is 0 Å². The summed E-state index contributed by atoms with van der Waals surface area (Å²) >= 11 is 0. The van der Waals surface area contributed by atoms with E-state index in [9.17, 15) is 9.59 Å². The lowest BCUT2D eigenvalue weighted by Crippen LogP contribution is -2.58. The third-order valence-electron chi connectivity index (χ3n) is 4.70. The van der Waals surface area contributed by atoms with E-state index in [-0.39, 0.29) is 30.8 Å². The molecule has 144 valence electrons. The second kappa shape index (κ2) is 8.30. The van der Waals surface area contributed by atoms with Gasteiger partial charge in [-0.15, -0.1) is 0 Å². The maximum Gasteiger partial charge on any atom is 0.246 e. The van der Waals surface area contributed by atoms with Gasteiger partial charge in [0.05, 0.1) is 19.0 Å². The number of aromatic nitrogens is 2. The molecule has 0 spiro atoms. The minimum atomic E-state index is -0.448. The van der Waals surface area contributed by atoms with E-state index in [4.69, 9.17) is 4.52 Å². The molecule has 1 aliphatic heterocycles. The molecule has 1 fully saturated rings. The first-order chi connectivity index (χ1) is 13.0. The van der Waals surface area contributed by atoms with E-state index in [1.54, 1.807) is 7.05 Å². The van der Waals surface area contributed by atoms with Crippen molar-refractivity contribution in [3.8, 4) is 11.4 Å². The summed E-state index contributed by atoms with van der Waals surface area (Å²) in [5, 5.41) is 6.81. The highest BCUT2D eigenvalue weighted by Crippen LogP contribution is 2.17.